The lowest BCUT2D eigenvalue weighted by Crippen LogP contribution is -1.66. The third-order valence-electron chi connectivity index (χ3n) is 0.635. The molecule has 4 nitrogen and oxygen atoms in total. The summed E-state index contributed by atoms with van der Waals surface area (Å²) in [7, 11) is 0. The van der Waals surface area contributed by atoms with Crippen molar-refractivity contribution in [3.05, 3.63) is 18.2 Å². The molecule has 50 valence electrons. The van der Waals surface area contributed by atoms with Gasteiger partial charge in [-0.15, -0.1) is 0 Å². The molecule has 9 heavy (non-hydrogen) atoms. The molecule has 0 saturated heterocycles. The normalized spacial score (nSPS) is 7.22. The number of aromatic amines is 1. The molecule has 0 atom stereocenters. The van der Waals surface area contributed by atoms with Crippen molar-refractivity contribution in [3.63, 3.8) is 0 Å². The molecule has 1 rings (SSSR count). The van der Waals surface area contributed by atoms with E-state index >= 15 is 0 Å². The molecule has 0 amide bonds. The molecule has 0 unspecified atom stereocenters. The molecule has 2 N–H and O–H groups in total. The monoisotopic (exact) mass is 128 g/mol. The number of H-pyrrole nitrogens is 1. The molecule has 1 aromatic rings. The maximum absolute atomic E-state index is 8.36. The Balaban J connectivity index is 0.000000187. The molecule has 1 aromatic heterocycles. The van der Waals surface area contributed by atoms with Gasteiger partial charge in [0.25, 0.3) is 6.47 Å². The van der Waals surface area contributed by atoms with E-state index in [9.17, 15) is 0 Å². The predicted molar refractivity (Wildman–Crippen MR) is 32.0 cm³/mol. The molecule has 4 heteroatoms. The van der Waals surface area contributed by atoms with Gasteiger partial charge in [0.05, 0.1) is 0 Å². The van der Waals surface area contributed by atoms with Crippen molar-refractivity contribution in [2.24, 2.45) is 0 Å². The van der Waals surface area contributed by atoms with Crippen LogP contribution in [-0.2, 0) is 4.79 Å². The minimum absolute atomic E-state index is 0.250. The Hall–Kier alpha value is -1.32. The first-order chi connectivity index (χ1) is 4.31. The summed E-state index contributed by atoms with van der Waals surface area (Å²) in [5.41, 5.74) is 0. The largest absolute Gasteiger partial charge is 0.483 e. The van der Waals surface area contributed by atoms with Crippen LogP contribution in [0.3, 0.4) is 0 Å². The molecule has 1 heterocycles. The van der Waals surface area contributed by atoms with E-state index in [0.717, 1.165) is 5.82 Å². The highest BCUT2D eigenvalue weighted by Crippen LogP contribution is 1.78. The molecule has 0 aliphatic carbocycles. The lowest BCUT2D eigenvalue weighted by molar-refractivity contribution is -0.122. The number of carboxylic acid groups (broad SMARTS) is 1. The SMILES string of the molecule is Cc1ncc[nH]1.O=CO. The lowest BCUT2D eigenvalue weighted by Gasteiger charge is -1.68. The van der Waals surface area contributed by atoms with Crippen molar-refractivity contribution in [1.29, 1.82) is 0 Å². The molecule has 0 aliphatic heterocycles. The summed E-state index contributed by atoms with van der Waals surface area (Å²) < 4.78 is 0. The Kier molecular flexibility index (Phi) is 4.12. The first-order valence-electron chi connectivity index (χ1n) is 2.35. The molecule has 0 aromatic carbocycles. The van der Waals surface area contributed by atoms with Crippen LogP contribution in [0.1, 0.15) is 5.82 Å². The van der Waals surface area contributed by atoms with Gasteiger partial charge in [-0.2, -0.15) is 0 Å². The van der Waals surface area contributed by atoms with E-state index in [0.29, 0.717) is 0 Å². The maximum Gasteiger partial charge on any atom is 0.290 e. The van der Waals surface area contributed by atoms with Crippen LogP contribution >= 0.6 is 0 Å². The Morgan fingerprint density at radius 3 is 2.56 bits per heavy atom. The van der Waals surface area contributed by atoms with Crippen molar-refractivity contribution < 1.29 is 9.90 Å². The molecule has 0 radical (unpaired) electrons. The zero-order valence-electron chi connectivity index (χ0n) is 5.03. The number of hydrogen-bond donors (Lipinski definition) is 2. The summed E-state index contributed by atoms with van der Waals surface area (Å²) in [6.45, 7) is 1.67. The summed E-state index contributed by atoms with van der Waals surface area (Å²) in [6, 6.07) is 0. The smallest absolute Gasteiger partial charge is 0.290 e. The fourth-order valence-electron chi connectivity index (χ4n) is 0.344. The molecule has 0 saturated carbocycles. The average Bonchev–Trinajstić information content (AvgIpc) is 2.20. The molecule has 0 spiro atoms. The number of imidazole rings is 1. The second kappa shape index (κ2) is 4.83. The third-order valence-corrected chi connectivity index (χ3v) is 0.635. The van der Waals surface area contributed by atoms with Crippen LogP contribution in [0.4, 0.5) is 0 Å². The number of hydrogen-bond acceptors (Lipinski definition) is 2. The summed E-state index contributed by atoms with van der Waals surface area (Å²) in [4.78, 5) is 15.1. The van der Waals surface area contributed by atoms with Gasteiger partial charge in [-0.1, -0.05) is 0 Å². The number of carbonyl (C=O) groups is 1. The highest BCUT2D eigenvalue weighted by Gasteiger charge is 1.73. The molecular weight excluding hydrogens is 120 g/mol. The van der Waals surface area contributed by atoms with E-state index < -0.39 is 0 Å². The second-order valence-electron chi connectivity index (χ2n) is 1.28. The van der Waals surface area contributed by atoms with Gasteiger partial charge < -0.3 is 10.1 Å². The number of nitrogens with one attached hydrogen (secondary N) is 1. The van der Waals surface area contributed by atoms with Crippen molar-refractivity contribution >= 4 is 6.47 Å². The second-order valence-corrected chi connectivity index (χ2v) is 1.28. The third kappa shape index (κ3) is 4.53. The summed E-state index contributed by atoms with van der Waals surface area (Å²) in [5, 5.41) is 6.89. The van der Waals surface area contributed by atoms with E-state index in [2.05, 4.69) is 9.97 Å². The maximum atomic E-state index is 8.36. The number of aromatic nitrogens is 2. The zero-order chi connectivity index (χ0) is 7.11. The van der Waals surface area contributed by atoms with E-state index in [1.807, 2.05) is 6.92 Å². The quantitative estimate of drug-likeness (QED) is 0.497. The van der Waals surface area contributed by atoms with Gasteiger partial charge in [0, 0.05) is 12.4 Å². The molecular formula is C5H8N2O2. The van der Waals surface area contributed by atoms with E-state index in [1.165, 1.54) is 0 Å². The fourth-order valence-corrected chi connectivity index (χ4v) is 0.344. The zero-order valence-corrected chi connectivity index (χ0v) is 5.03. The first kappa shape index (κ1) is 7.68. The van der Waals surface area contributed by atoms with Gasteiger partial charge >= 0.3 is 0 Å². The average molecular weight is 128 g/mol. The highest BCUT2D eigenvalue weighted by molar-refractivity contribution is 5.32. The van der Waals surface area contributed by atoms with Gasteiger partial charge in [0.2, 0.25) is 0 Å². The summed E-state index contributed by atoms with van der Waals surface area (Å²) in [6.07, 6.45) is 3.53. The Bertz CT molecular complexity index is 148. The van der Waals surface area contributed by atoms with E-state index in [4.69, 9.17) is 9.90 Å². The minimum Gasteiger partial charge on any atom is -0.483 e. The Morgan fingerprint density at radius 1 is 1.89 bits per heavy atom. The number of rotatable bonds is 0. The Labute approximate surface area is 52.6 Å². The summed E-state index contributed by atoms with van der Waals surface area (Å²) >= 11 is 0. The standard InChI is InChI=1S/C4H6N2.CH2O2/c1-4-5-2-3-6-4;2-1-3/h2-3H,1H3,(H,5,6);1H,(H,2,3). The minimum atomic E-state index is -0.250. The van der Waals surface area contributed by atoms with Gasteiger partial charge in [-0.25, -0.2) is 4.98 Å². The van der Waals surface area contributed by atoms with Crippen LogP contribution in [0.25, 0.3) is 0 Å². The summed E-state index contributed by atoms with van der Waals surface area (Å²) in [5.74, 6) is 0.968. The molecule has 0 aliphatic rings. The predicted octanol–water partition coefficient (Wildman–Crippen LogP) is 0.419. The van der Waals surface area contributed by atoms with Crippen LogP contribution in [-0.4, -0.2) is 21.5 Å². The fraction of sp³-hybridized carbons (Fsp3) is 0.200. The number of aryl methyl sites for hydroxylation is 1. The van der Waals surface area contributed by atoms with Crippen LogP contribution in [0.2, 0.25) is 0 Å². The van der Waals surface area contributed by atoms with E-state index in [1.54, 1.807) is 12.4 Å². The Morgan fingerprint density at radius 2 is 2.44 bits per heavy atom. The van der Waals surface area contributed by atoms with Gasteiger partial charge in [-0.3, -0.25) is 4.79 Å². The van der Waals surface area contributed by atoms with Gasteiger partial charge in [-0.05, 0) is 6.92 Å². The van der Waals surface area contributed by atoms with Crippen molar-refractivity contribution in [2.75, 3.05) is 0 Å². The van der Waals surface area contributed by atoms with Crippen LogP contribution in [0.15, 0.2) is 12.4 Å². The van der Waals surface area contributed by atoms with Crippen molar-refractivity contribution in [3.8, 4) is 0 Å². The van der Waals surface area contributed by atoms with Crippen molar-refractivity contribution in [2.45, 2.75) is 6.92 Å². The van der Waals surface area contributed by atoms with Crippen LogP contribution in [0, 0.1) is 6.92 Å². The topological polar surface area (TPSA) is 66.0 Å². The van der Waals surface area contributed by atoms with Crippen molar-refractivity contribution in [1.82, 2.24) is 9.97 Å². The van der Waals surface area contributed by atoms with Gasteiger partial charge in [0.15, 0.2) is 0 Å². The number of nitrogens with zero attached hydrogens (tertiary/aromatic N) is 1. The lowest BCUT2D eigenvalue weighted by atomic mass is 10.8. The van der Waals surface area contributed by atoms with Crippen LogP contribution in [0.5, 0.6) is 0 Å². The van der Waals surface area contributed by atoms with Crippen LogP contribution < -0.4 is 0 Å². The molecule has 0 bridgehead atoms. The van der Waals surface area contributed by atoms with E-state index in [-0.39, 0.29) is 6.47 Å². The molecule has 0 fully saturated rings. The van der Waals surface area contributed by atoms with Gasteiger partial charge in [0.1, 0.15) is 5.82 Å². The first-order valence-corrected chi connectivity index (χ1v) is 2.35. The highest BCUT2D eigenvalue weighted by atomic mass is 16.3.